The van der Waals surface area contributed by atoms with Crippen LogP contribution in [0.25, 0.3) is 0 Å². The van der Waals surface area contributed by atoms with Gasteiger partial charge in [0.25, 0.3) is 10.0 Å². The maximum atomic E-state index is 12.9. The van der Waals surface area contributed by atoms with Gasteiger partial charge < -0.3 is 4.74 Å². The van der Waals surface area contributed by atoms with E-state index in [0.717, 1.165) is 0 Å². The topological polar surface area (TPSA) is 63.7 Å². The fourth-order valence-corrected chi connectivity index (χ4v) is 5.81. The number of nitrogens with zero attached hydrogens (tertiary/aromatic N) is 1. The Balaban J connectivity index is 1.76. The smallest absolute Gasteiger partial charge is 0.252 e. The molecule has 1 aromatic carbocycles. The lowest BCUT2D eigenvalue weighted by Gasteiger charge is -2.30. The quantitative estimate of drug-likeness (QED) is 0.700. The Morgan fingerprint density at radius 3 is 2.77 bits per heavy atom. The fraction of sp³-hybridized carbons (Fsp3) is 0.421. The van der Waals surface area contributed by atoms with Crippen molar-refractivity contribution in [1.82, 2.24) is 4.31 Å². The summed E-state index contributed by atoms with van der Waals surface area (Å²) in [5.74, 6) is 0.308. The molecular weight excluding hydrogens is 370 g/mol. The Bertz CT molecular complexity index is 859. The van der Waals surface area contributed by atoms with Crippen LogP contribution in [0.1, 0.15) is 37.0 Å². The number of ketones is 1. The first-order valence-electron chi connectivity index (χ1n) is 8.72. The van der Waals surface area contributed by atoms with Crippen LogP contribution in [0.15, 0.2) is 46.0 Å². The normalized spacial score (nSPS) is 18.8. The second kappa shape index (κ2) is 7.90. The van der Waals surface area contributed by atoms with E-state index in [4.69, 9.17) is 4.74 Å². The summed E-state index contributed by atoms with van der Waals surface area (Å²) in [4.78, 5) is 12.9. The standard InChI is InChI=1S/C19H23NO4S2/c1-14(2)24-17-8-3-6-15(12-17)19(21)16-7-4-10-20(13-16)26(22,23)18-9-5-11-25-18/h3,5-6,8-9,11-12,14,16H,4,7,10,13H2,1-2H3/t16-/m0/s1. The zero-order valence-electron chi connectivity index (χ0n) is 14.9. The third-order valence-electron chi connectivity index (χ3n) is 4.33. The molecule has 5 nitrogen and oxygen atoms in total. The van der Waals surface area contributed by atoms with Gasteiger partial charge >= 0.3 is 0 Å². The maximum Gasteiger partial charge on any atom is 0.252 e. The van der Waals surface area contributed by atoms with Gasteiger partial charge in [-0.2, -0.15) is 4.31 Å². The van der Waals surface area contributed by atoms with Gasteiger partial charge in [-0.1, -0.05) is 18.2 Å². The highest BCUT2D eigenvalue weighted by atomic mass is 32.2. The van der Waals surface area contributed by atoms with Crippen molar-refractivity contribution in [3.63, 3.8) is 0 Å². The molecule has 0 radical (unpaired) electrons. The summed E-state index contributed by atoms with van der Waals surface area (Å²) in [6.07, 6.45) is 1.41. The van der Waals surface area contributed by atoms with E-state index >= 15 is 0 Å². The number of hydrogen-bond acceptors (Lipinski definition) is 5. The average Bonchev–Trinajstić information content (AvgIpc) is 3.16. The van der Waals surface area contributed by atoms with Gasteiger partial charge in [-0.3, -0.25) is 4.79 Å². The zero-order valence-corrected chi connectivity index (χ0v) is 16.6. The number of carbonyl (C=O) groups excluding carboxylic acids is 1. The number of benzene rings is 1. The van der Waals surface area contributed by atoms with Gasteiger partial charge in [-0.15, -0.1) is 11.3 Å². The number of carbonyl (C=O) groups is 1. The summed E-state index contributed by atoms with van der Waals surface area (Å²) in [5, 5.41) is 1.75. The molecule has 2 heterocycles. The van der Waals surface area contributed by atoms with E-state index in [9.17, 15) is 13.2 Å². The van der Waals surface area contributed by atoms with Crippen LogP contribution in [0.2, 0.25) is 0 Å². The van der Waals surface area contributed by atoms with Crippen molar-refractivity contribution in [1.29, 1.82) is 0 Å². The number of ether oxygens (including phenoxy) is 1. The predicted molar refractivity (Wildman–Crippen MR) is 102 cm³/mol. The van der Waals surface area contributed by atoms with Gasteiger partial charge in [0.1, 0.15) is 9.96 Å². The number of piperidine rings is 1. The van der Waals surface area contributed by atoms with Crippen LogP contribution in [0.3, 0.4) is 0 Å². The summed E-state index contributed by atoms with van der Waals surface area (Å²) < 4.78 is 32.9. The van der Waals surface area contributed by atoms with Crippen molar-refractivity contribution in [2.75, 3.05) is 13.1 Å². The minimum Gasteiger partial charge on any atom is -0.491 e. The van der Waals surface area contributed by atoms with Crippen LogP contribution in [0.5, 0.6) is 5.75 Å². The second-order valence-corrected chi connectivity index (χ2v) is 9.81. The lowest BCUT2D eigenvalue weighted by molar-refractivity contribution is 0.0871. The molecule has 0 saturated carbocycles. The molecule has 0 bridgehead atoms. The molecule has 26 heavy (non-hydrogen) atoms. The number of rotatable bonds is 6. The highest BCUT2D eigenvalue weighted by Gasteiger charge is 2.34. The Morgan fingerprint density at radius 2 is 2.08 bits per heavy atom. The van der Waals surface area contributed by atoms with E-state index in [1.54, 1.807) is 35.7 Å². The average molecular weight is 394 g/mol. The van der Waals surface area contributed by atoms with E-state index < -0.39 is 10.0 Å². The van der Waals surface area contributed by atoms with Crippen molar-refractivity contribution in [2.24, 2.45) is 5.92 Å². The molecule has 1 aromatic heterocycles. The number of hydrogen-bond donors (Lipinski definition) is 0. The van der Waals surface area contributed by atoms with Gasteiger partial charge in [0.05, 0.1) is 6.10 Å². The summed E-state index contributed by atoms with van der Waals surface area (Å²) >= 11 is 1.21. The first-order chi connectivity index (χ1) is 12.4. The largest absolute Gasteiger partial charge is 0.491 e. The molecule has 1 saturated heterocycles. The van der Waals surface area contributed by atoms with Crippen LogP contribution in [0.4, 0.5) is 0 Å². The molecule has 0 unspecified atom stereocenters. The van der Waals surface area contributed by atoms with Gasteiger partial charge in [-0.05, 0) is 50.3 Å². The van der Waals surface area contributed by atoms with Crippen LogP contribution in [-0.2, 0) is 10.0 Å². The van der Waals surface area contributed by atoms with Crippen LogP contribution in [0, 0.1) is 5.92 Å². The highest BCUT2D eigenvalue weighted by Crippen LogP contribution is 2.28. The third kappa shape index (κ3) is 4.16. The number of sulfonamides is 1. The minimum absolute atomic E-state index is 0.0229. The summed E-state index contributed by atoms with van der Waals surface area (Å²) in [7, 11) is -3.52. The van der Waals surface area contributed by atoms with E-state index in [2.05, 4.69) is 0 Å². The van der Waals surface area contributed by atoms with Gasteiger partial charge in [0, 0.05) is 24.6 Å². The highest BCUT2D eigenvalue weighted by molar-refractivity contribution is 7.91. The molecule has 1 atom stereocenters. The van der Waals surface area contributed by atoms with Gasteiger partial charge in [0.2, 0.25) is 0 Å². The molecule has 1 fully saturated rings. The lowest BCUT2D eigenvalue weighted by atomic mass is 9.91. The first kappa shape index (κ1) is 19.1. The molecule has 7 heteroatoms. The van der Waals surface area contributed by atoms with E-state index in [-0.39, 0.29) is 24.3 Å². The minimum atomic E-state index is -3.52. The zero-order chi connectivity index (χ0) is 18.7. The summed E-state index contributed by atoms with van der Waals surface area (Å²) in [5.41, 5.74) is 0.573. The monoisotopic (exact) mass is 393 g/mol. The van der Waals surface area contributed by atoms with Crippen molar-refractivity contribution in [3.8, 4) is 5.75 Å². The van der Waals surface area contributed by atoms with E-state index in [1.807, 2.05) is 19.9 Å². The SMILES string of the molecule is CC(C)Oc1cccc(C(=O)[C@H]2CCCN(S(=O)(=O)c3cccs3)C2)c1. The molecule has 0 N–H and O–H groups in total. The Morgan fingerprint density at radius 1 is 1.27 bits per heavy atom. The van der Waals surface area contributed by atoms with Gasteiger partial charge in [-0.25, -0.2) is 8.42 Å². The van der Waals surface area contributed by atoms with Crippen LogP contribution >= 0.6 is 11.3 Å². The summed E-state index contributed by atoms with van der Waals surface area (Å²) in [6.45, 7) is 4.56. The maximum absolute atomic E-state index is 12.9. The molecule has 140 valence electrons. The lowest BCUT2D eigenvalue weighted by Crippen LogP contribution is -2.42. The molecule has 3 rings (SSSR count). The molecule has 1 aliphatic rings. The first-order valence-corrected chi connectivity index (χ1v) is 11.0. The molecule has 2 aromatic rings. The number of Topliss-reactive ketones (excluding diaryl/α,β-unsaturated/α-hetero) is 1. The van der Waals surface area contributed by atoms with E-state index in [1.165, 1.54) is 15.6 Å². The van der Waals surface area contributed by atoms with Crippen molar-refractivity contribution >= 4 is 27.1 Å². The van der Waals surface area contributed by atoms with Crippen molar-refractivity contribution in [3.05, 3.63) is 47.3 Å². The van der Waals surface area contributed by atoms with Crippen molar-refractivity contribution in [2.45, 2.75) is 37.0 Å². The fourth-order valence-electron chi connectivity index (χ4n) is 3.14. The Labute approximate surface area is 158 Å². The Kier molecular flexibility index (Phi) is 5.79. The third-order valence-corrected chi connectivity index (χ3v) is 7.57. The predicted octanol–water partition coefficient (Wildman–Crippen LogP) is 3.82. The molecule has 0 amide bonds. The second-order valence-electron chi connectivity index (χ2n) is 6.69. The molecule has 0 aliphatic carbocycles. The number of thiophene rings is 1. The van der Waals surface area contributed by atoms with Crippen LogP contribution < -0.4 is 4.74 Å². The van der Waals surface area contributed by atoms with Crippen LogP contribution in [-0.4, -0.2) is 37.7 Å². The summed E-state index contributed by atoms with van der Waals surface area (Å²) in [6, 6.07) is 10.5. The molecule has 0 spiro atoms. The molecular formula is C19H23NO4S2. The molecule has 1 aliphatic heterocycles. The van der Waals surface area contributed by atoms with E-state index in [0.29, 0.717) is 34.9 Å². The van der Waals surface area contributed by atoms with Gasteiger partial charge in [0.15, 0.2) is 5.78 Å². The Hall–Kier alpha value is -1.70. The van der Waals surface area contributed by atoms with Crippen molar-refractivity contribution < 1.29 is 17.9 Å².